The van der Waals surface area contributed by atoms with E-state index in [0.717, 1.165) is 25.1 Å². The van der Waals surface area contributed by atoms with Gasteiger partial charge in [-0.2, -0.15) is 0 Å². The molecule has 1 aromatic rings. The van der Waals surface area contributed by atoms with E-state index in [0.29, 0.717) is 18.5 Å². The summed E-state index contributed by atoms with van der Waals surface area (Å²) in [6.07, 6.45) is 7.18. The van der Waals surface area contributed by atoms with Crippen LogP contribution in [0.4, 0.5) is 5.69 Å². The molecule has 1 saturated heterocycles. The minimum atomic E-state index is -3.01. The molecule has 0 spiro atoms. The normalized spacial score (nSPS) is 19.2. The lowest BCUT2D eigenvalue weighted by molar-refractivity contribution is 0.0708. The first-order valence-corrected chi connectivity index (χ1v) is 10.5. The molecule has 24 heavy (non-hydrogen) atoms. The molecule has 1 amide bonds. The van der Waals surface area contributed by atoms with Crippen molar-refractivity contribution in [3.63, 3.8) is 0 Å². The molecule has 1 aromatic heterocycles. The predicted molar refractivity (Wildman–Crippen MR) is 96.0 cm³/mol. The van der Waals surface area contributed by atoms with Crippen LogP contribution in [0.15, 0.2) is 18.5 Å². The highest BCUT2D eigenvalue weighted by Crippen LogP contribution is 2.20. The molecule has 1 fully saturated rings. The van der Waals surface area contributed by atoms with Gasteiger partial charge in [0.05, 0.1) is 22.8 Å². The smallest absolute Gasteiger partial charge is 0.255 e. The molecule has 0 aromatic carbocycles. The van der Waals surface area contributed by atoms with E-state index in [2.05, 4.69) is 17.2 Å². The Kier molecular flexibility index (Phi) is 6.60. The first kappa shape index (κ1) is 18.7. The lowest BCUT2D eigenvalue weighted by Crippen LogP contribution is -2.41. The summed E-state index contributed by atoms with van der Waals surface area (Å²) >= 11 is 0. The Morgan fingerprint density at radius 1 is 1.33 bits per heavy atom. The summed E-state index contributed by atoms with van der Waals surface area (Å²) in [5.41, 5.74) is 1.33. The molecule has 134 valence electrons. The van der Waals surface area contributed by atoms with E-state index < -0.39 is 9.84 Å². The van der Waals surface area contributed by atoms with Gasteiger partial charge in [0.15, 0.2) is 9.84 Å². The Balaban J connectivity index is 2.04. The number of nitrogens with one attached hydrogen (secondary N) is 1. The molecule has 1 N–H and O–H groups in total. The number of nitrogens with zero attached hydrogens (tertiary/aromatic N) is 2. The lowest BCUT2D eigenvalue weighted by Gasteiger charge is -2.27. The second kappa shape index (κ2) is 8.46. The summed E-state index contributed by atoms with van der Waals surface area (Å²) in [5, 5.41) is 3.29. The third kappa shape index (κ3) is 4.93. The van der Waals surface area contributed by atoms with Crippen molar-refractivity contribution in [2.24, 2.45) is 0 Å². The van der Waals surface area contributed by atoms with E-state index in [9.17, 15) is 13.2 Å². The van der Waals surface area contributed by atoms with Crippen LogP contribution in [0.1, 0.15) is 49.9 Å². The first-order chi connectivity index (χ1) is 11.5. The van der Waals surface area contributed by atoms with Crippen LogP contribution in [0.25, 0.3) is 0 Å². The van der Waals surface area contributed by atoms with Crippen LogP contribution in [-0.2, 0) is 9.84 Å². The highest BCUT2D eigenvalue weighted by atomic mass is 32.2. The summed E-state index contributed by atoms with van der Waals surface area (Å²) < 4.78 is 23.4. The summed E-state index contributed by atoms with van der Waals surface area (Å²) in [6, 6.07) is 1.57. The Hall–Kier alpha value is -1.63. The van der Waals surface area contributed by atoms with Crippen LogP contribution in [0.5, 0.6) is 0 Å². The van der Waals surface area contributed by atoms with Crippen LogP contribution in [-0.4, -0.2) is 54.8 Å². The van der Waals surface area contributed by atoms with Crippen LogP contribution in [0, 0.1) is 0 Å². The predicted octanol–water partition coefficient (Wildman–Crippen LogP) is 2.33. The molecule has 7 heteroatoms. The molecule has 1 atom stereocenters. The third-order valence-corrected chi connectivity index (χ3v) is 6.10. The maximum atomic E-state index is 12.8. The van der Waals surface area contributed by atoms with Crippen molar-refractivity contribution in [3.8, 4) is 0 Å². The number of carbonyl (C=O) groups excluding carboxylic acids is 1. The van der Waals surface area contributed by atoms with Crippen molar-refractivity contribution in [2.45, 2.75) is 45.6 Å². The quantitative estimate of drug-likeness (QED) is 0.726. The Morgan fingerprint density at radius 3 is 2.75 bits per heavy atom. The molecular weight excluding hydrogens is 326 g/mol. The van der Waals surface area contributed by atoms with E-state index in [-0.39, 0.29) is 23.5 Å². The molecule has 1 aliphatic rings. The van der Waals surface area contributed by atoms with Crippen molar-refractivity contribution in [3.05, 3.63) is 24.0 Å². The van der Waals surface area contributed by atoms with Gasteiger partial charge in [-0.3, -0.25) is 9.78 Å². The summed E-state index contributed by atoms with van der Waals surface area (Å²) in [6.45, 7) is 5.38. The molecule has 6 nitrogen and oxygen atoms in total. The van der Waals surface area contributed by atoms with Crippen molar-refractivity contribution in [1.82, 2.24) is 9.88 Å². The van der Waals surface area contributed by atoms with E-state index in [4.69, 9.17) is 0 Å². The van der Waals surface area contributed by atoms with Gasteiger partial charge >= 0.3 is 0 Å². The fraction of sp³-hybridized carbons (Fsp3) is 0.647. The second-order valence-corrected chi connectivity index (χ2v) is 8.47. The number of hydrogen-bond donors (Lipinski definition) is 1. The number of rotatable bonds is 8. The maximum Gasteiger partial charge on any atom is 0.255 e. The highest BCUT2D eigenvalue weighted by molar-refractivity contribution is 7.91. The average molecular weight is 353 g/mol. The van der Waals surface area contributed by atoms with Gasteiger partial charge in [0.1, 0.15) is 0 Å². The van der Waals surface area contributed by atoms with E-state index >= 15 is 0 Å². The number of aromatic nitrogens is 1. The second-order valence-electron chi connectivity index (χ2n) is 6.24. The van der Waals surface area contributed by atoms with Crippen LogP contribution in [0.2, 0.25) is 0 Å². The summed E-state index contributed by atoms with van der Waals surface area (Å²) in [4.78, 5) is 18.6. The third-order valence-electron chi connectivity index (χ3n) is 4.35. The number of anilines is 1. The fourth-order valence-electron chi connectivity index (χ4n) is 3.02. The zero-order valence-corrected chi connectivity index (χ0v) is 15.3. The highest BCUT2D eigenvalue weighted by Gasteiger charge is 2.34. The van der Waals surface area contributed by atoms with Crippen molar-refractivity contribution in [2.75, 3.05) is 29.9 Å². The van der Waals surface area contributed by atoms with Gasteiger partial charge in [0.2, 0.25) is 0 Å². The number of amides is 1. The zero-order chi connectivity index (χ0) is 17.6. The molecule has 0 bridgehead atoms. The van der Waals surface area contributed by atoms with Gasteiger partial charge in [-0.05, 0) is 25.8 Å². The van der Waals surface area contributed by atoms with Gasteiger partial charge in [-0.25, -0.2) is 8.42 Å². The lowest BCUT2D eigenvalue weighted by atomic mass is 10.1. The largest absolute Gasteiger partial charge is 0.384 e. The number of sulfone groups is 1. The van der Waals surface area contributed by atoms with Gasteiger partial charge in [-0.15, -0.1) is 0 Å². The number of unbranched alkanes of at least 4 members (excludes halogenated alkanes) is 2. The molecule has 2 heterocycles. The average Bonchev–Trinajstić information content (AvgIpc) is 2.92. The minimum Gasteiger partial charge on any atom is -0.384 e. The van der Waals surface area contributed by atoms with E-state index in [1.165, 1.54) is 6.42 Å². The maximum absolute atomic E-state index is 12.8. The van der Waals surface area contributed by atoms with Gasteiger partial charge in [0.25, 0.3) is 5.91 Å². The minimum absolute atomic E-state index is 0.0645. The Bertz CT molecular complexity index is 661. The Labute approximate surface area is 144 Å². The molecule has 1 unspecified atom stereocenters. The number of hydrogen-bond acceptors (Lipinski definition) is 5. The van der Waals surface area contributed by atoms with E-state index in [1.54, 1.807) is 23.4 Å². The summed E-state index contributed by atoms with van der Waals surface area (Å²) in [7, 11) is -3.01. The molecule has 1 aliphatic heterocycles. The van der Waals surface area contributed by atoms with Crippen molar-refractivity contribution >= 4 is 21.4 Å². The standard InChI is InChI=1S/C17H27N3O3S/c1-3-5-6-8-19-15-10-14(11-18-12-15)17(21)20(4-2)16-7-9-24(22,23)13-16/h10-12,16,19H,3-9,13H2,1-2H3. The van der Waals surface area contributed by atoms with Crippen molar-refractivity contribution in [1.29, 1.82) is 0 Å². The molecule has 0 saturated carbocycles. The number of carbonyl (C=O) groups is 1. The fourth-order valence-corrected chi connectivity index (χ4v) is 4.75. The first-order valence-electron chi connectivity index (χ1n) is 8.67. The molecule has 0 aliphatic carbocycles. The monoisotopic (exact) mass is 353 g/mol. The van der Waals surface area contributed by atoms with Crippen LogP contribution >= 0.6 is 0 Å². The van der Waals surface area contributed by atoms with Crippen LogP contribution in [0.3, 0.4) is 0 Å². The molecule has 2 rings (SSSR count). The number of pyridine rings is 1. The van der Waals surface area contributed by atoms with E-state index in [1.807, 2.05) is 6.92 Å². The molecule has 0 radical (unpaired) electrons. The topological polar surface area (TPSA) is 79.4 Å². The van der Waals surface area contributed by atoms with Crippen LogP contribution < -0.4 is 5.32 Å². The van der Waals surface area contributed by atoms with Gasteiger partial charge < -0.3 is 10.2 Å². The SMILES string of the molecule is CCCCCNc1cncc(C(=O)N(CC)C2CCS(=O)(=O)C2)c1. The molecular formula is C17H27N3O3S. The summed E-state index contributed by atoms with van der Waals surface area (Å²) in [5.74, 6) is 0.0811. The van der Waals surface area contributed by atoms with Gasteiger partial charge in [0, 0.05) is 31.5 Å². The van der Waals surface area contributed by atoms with Gasteiger partial charge in [-0.1, -0.05) is 19.8 Å². The Morgan fingerprint density at radius 2 is 2.12 bits per heavy atom. The zero-order valence-electron chi connectivity index (χ0n) is 14.5. The van der Waals surface area contributed by atoms with Crippen molar-refractivity contribution < 1.29 is 13.2 Å².